The molecule has 0 bridgehead atoms. The van der Waals surface area contributed by atoms with Crippen LogP contribution >= 0.6 is 0 Å². The fraction of sp³-hybridized carbons (Fsp3) is 0.381. The maximum absolute atomic E-state index is 12.4. The Balaban J connectivity index is 2.04. The number of benzene rings is 1. The first-order valence-corrected chi connectivity index (χ1v) is 8.56. The number of carbonyl (C=O) groups is 1. The highest BCUT2D eigenvalue weighted by Crippen LogP contribution is 2.23. The normalized spacial score (nSPS) is 11.3. The maximum Gasteiger partial charge on any atom is 0.315 e. The minimum atomic E-state index is -0.475. The van der Waals surface area contributed by atoms with Crippen molar-refractivity contribution in [3.63, 3.8) is 0 Å². The number of urea groups is 1. The summed E-state index contributed by atoms with van der Waals surface area (Å²) in [5.74, 6) is 0. The van der Waals surface area contributed by atoms with Crippen molar-refractivity contribution in [2.24, 2.45) is 7.05 Å². The second-order valence-corrected chi connectivity index (χ2v) is 7.25. The van der Waals surface area contributed by atoms with Crippen molar-refractivity contribution < 1.29 is 4.79 Å². The van der Waals surface area contributed by atoms with E-state index in [0.29, 0.717) is 6.54 Å². The molecule has 134 valence electrons. The lowest BCUT2D eigenvalue weighted by atomic mass is 9.92. The molecule has 2 aromatic rings. The highest BCUT2D eigenvalue weighted by Gasteiger charge is 2.23. The molecule has 2 rings (SSSR count). The second kappa shape index (κ2) is 7.18. The quantitative estimate of drug-likeness (QED) is 0.833. The molecule has 0 unspecified atom stereocenters. The molecule has 0 saturated heterocycles. The first-order chi connectivity index (χ1) is 11.6. The van der Waals surface area contributed by atoms with E-state index in [9.17, 15) is 4.79 Å². The van der Waals surface area contributed by atoms with Gasteiger partial charge in [0.2, 0.25) is 0 Å². The van der Waals surface area contributed by atoms with E-state index in [1.54, 1.807) is 0 Å². The molecule has 1 heterocycles. The summed E-state index contributed by atoms with van der Waals surface area (Å²) in [7, 11) is 2.03. The summed E-state index contributed by atoms with van der Waals surface area (Å²) >= 11 is 0. The van der Waals surface area contributed by atoms with Crippen LogP contribution in [0, 0.1) is 13.8 Å². The summed E-state index contributed by atoms with van der Waals surface area (Å²) in [6.07, 6.45) is 0. The minimum Gasteiger partial charge on any atom is -0.352 e. The highest BCUT2D eigenvalue weighted by atomic mass is 16.2. The first kappa shape index (κ1) is 18.8. The fourth-order valence-corrected chi connectivity index (χ4v) is 2.86. The average Bonchev–Trinajstić information content (AvgIpc) is 2.79. The SMILES string of the molecule is C=C(C)c1cccc(C(C)(C)NC(=O)NCc2cc(C)n(C)c2C)c1. The van der Waals surface area contributed by atoms with Crippen LogP contribution < -0.4 is 10.6 Å². The maximum atomic E-state index is 12.4. The summed E-state index contributed by atoms with van der Waals surface area (Å²) in [6, 6.07) is 10.1. The lowest BCUT2D eigenvalue weighted by molar-refractivity contribution is 0.229. The Morgan fingerprint density at radius 3 is 2.48 bits per heavy atom. The molecular weight excluding hydrogens is 310 g/mol. The van der Waals surface area contributed by atoms with Crippen molar-refractivity contribution >= 4 is 11.6 Å². The molecule has 0 radical (unpaired) electrons. The van der Waals surface area contributed by atoms with Gasteiger partial charge in [-0.2, -0.15) is 0 Å². The van der Waals surface area contributed by atoms with Gasteiger partial charge >= 0.3 is 6.03 Å². The van der Waals surface area contributed by atoms with Gasteiger partial charge in [-0.3, -0.25) is 0 Å². The van der Waals surface area contributed by atoms with Gasteiger partial charge in [0.05, 0.1) is 5.54 Å². The number of amides is 2. The summed E-state index contributed by atoms with van der Waals surface area (Å²) in [6.45, 7) is 14.6. The molecule has 0 aliphatic carbocycles. The van der Waals surface area contributed by atoms with E-state index < -0.39 is 5.54 Å². The third-order valence-corrected chi connectivity index (χ3v) is 4.82. The van der Waals surface area contributed by atoms with Crippen LogP contribution in [0.4, 0.5) is 4.79 Å². The fourth-order valence-electron chi connectivity index (χ4n) is 2.86. The third kappa shape index (κ3) is 4.32. The van der Waals surface area contributed by atoms with Crippen LogP contribution in [0.25, 0.3) is 5.57 Å². The van der Waals surface area contributed by atoms with Crippen LogP contribution in [0.5, 0.6) is 0 Å². The molecule has 2 amide bonds. The molecule has 0 aliphatic rings. The number of hydrogen-bond acceptors (Lipinski definition) is 1. The predicted molar refractivity (Wildman–Crippen MR) is 104 cm³/mol. The Hall–Kier alpha value is -2.49. The number of allylic oxidation sites excluding steroid dienone is 1. The van der Waals surface area contributed by atoms with Crippen LogP contribution in [0.2, 0.25) is 0 Å². The van der Waals surface area contributed by atoms with Crippen LogP contribution in [0.3, 0.4) is 0 Å². The largest absolute Gasteiger partial charge is 0.352 e. The number of nitrogens with zero attached hydrogens (tertiary/aromatic N) is 1. The predicted octanol–water partition coefficient (Wildman–Crippen LogP) is 4.41. The van der Waals surface area contributed by atoms with Gasteiger partial charge in [-0.15, -0.1) is 0 Å². The number of nitrogens with one attached hydrogen (secondary N) is 2. The van der Waals surface area contributed by atoms with Gasteiger partial charge in [0.15, 0.2) is 0 Å². The smallest absolute Gasteiger partial charge is 0.315 e. The van der Waals surface area contributed by atoms with E-state index in [-0.39, 0.29) is 6.03 Å². The first-order valence-electron chi connectivity index (χ1n) is 8.56. The number of carbonyl (C=O) groups excluding carboxylic acids is 1. The van der Waals surface area contributed by atoms with E-state index in [1.165, 1.54) is 11.4 Å². The van der Waals surface area contributed by atoms with Crippen LogP contribution in [0.1, 0.15) is 48.8 Å². The molecule has 0 atom stereocenters. The molecule has 0 aliphatic heterocycles. The third-order valence-electron chi connectivity index (χ3n) is 4.82. The highest BCUT2D eigenvalue weighted by molar-refractivity contribution is 5.75. The van der Waals surface area contributed by atoms with Crippen molar-refractivity contribution in [2.75, 3.05) is 0 Å². The Kier molecular flexibility index (Phi) is 5.41. The summed E-state index contributed by atoms with van der Waals surface area (Å²) in [5.41, 5.74) is 6.17. The van der Waals surface area contributed by atoms with Gasteiger partial charge in [0, 0.05) is 25.0 Å². The molecule has 0 fully saturated rings. The van der Waals surface area contributed by atoms with Crippen LogP contribution in [-0.4, -0.2) is 10.6 Å². The molecule has 1 aromatic heterocycles. The zero-order chi connectivity index (χ0) is 18.8. The molecule has 4 nitrogen and oxygen atoms in total. The van der Waals surface area contributed by atoms with Gasteiger partial charge in [-0.1, -0.05) is 30.4 Å². The van der Waals surface area contributed by atoms with Gasteiger partial charge in [-0.25, -0.2) is 4.79 Å². The monoisotopic (exact) mass is 339 g/mol. The number of rotatable bonds is 5. The molecular formula is C21H29N3O. The molecule has 1 aromatic carbocycles. The Morgan fingerprint density at radius 2 is 1.92 bits per heavy atom. The van der Waals surface area contributed by atoms with Gasteiger partial charge in [0.25, 0.3) is 0 Å². The van der Waals surface area contributed by atoms with Gasteiger partial charge < -0.3 is 15.2 Å². The summed E-state index contributed by atoms with van der Waals surface area (Å²) < 4.78 is 2.13. The second-order valence-electron chi connectivity index (χ2n) is 7.25. The summed E-state index contributed by atoms with van der Waals surface area (Å²) in [4.78, 5) is 12.4. The van der Waals surface area contributed by atoms with E-state index in [0.717, 1.165) is 22.3 Å². The molecule has 4 heteroatoms. The van der Waals surface area contributed by atoms with Crippen molar-refractivity contribution in [2.45, 2.75) is 46.7 Å². The van der Waals surface area contributed by atoms with Crippen molar-refractivity contribution in [3.05, 3.63) is 65.0 Å². The number of aromatic nitrogens is 1. The number of hydrogen-bond donors (Lipinski definition) is 2. The number of aryl methyl sites for hydroxylation is 1. The van der Waals surface area contributed by atoms with E-state index >= 15 is 0 Å². The molecule has 0 spiro atoms. The average molecular weight is 339 g/mol. The zero-order valence-corrected chi connectivity index (χ0v) is 16.2. The van der Waals surface area contributed by atoms with E-state index in [2.05, 4.69) is 47.8 Å². The van der Waals surface area contributed by atoms with Crippen molar-refractivity contribution in [1.82, 2.24) is 15.2 Å². The molecule has 25 heavy (non-hydrogen) atoms. The molecule has 0 saturated carbocycles. The lowest BCUT2D eigenvalue weighted by Crippen LogP contribution is -2.46. The minimum absolute atomic E-state index is 0.174. The van der Waals surface area contributed by atoms with Crippen molar-refractivity contribution in [1.29, 1.82) is 0 Å². The van der Waals surface area contributed by atoms with Crippen LogP contribution in [0.15, 0.2) is 36.9 Å². The van der Waals surface area contributed by atoms with E-state index in [4.69, 9.17) is 0 Å². The molecule has 2 N–H and O–H groups in total. The Morgan fingerprint density at radius 1 is 1.24 bits per heavy atom. The topological polar surface area (TPSA) is 46.1 Å². The zero-order valence-electron chi connectivity index (χ0n) is 16.2. The lowest BCUT2D eigenvalue weighted by Gasteiger charge is -2.27. The Labute approximate surface area is 150 Å². The summed E-state index contributed by atoms with van der Waals surface area (Å²) in [5, 5.41) is 6.03. The van der Waals surface area contributed by atoms with Crippen LogP contribution in [-0.2, 0) is 19.1 Å². The van der Waals surface area contributed by atoms with Gasteiger partial charge in [-0.05, 0) is 63.4 Å². The Bertz CT molecular complexity index is 799. The van der Waals surface area contributed by atoms with Gasteiger partial charge in [0.1, 0.15) is 0 Å². The standard InChI is InChI=1S/C21H29N3O/c1-14(2)17-9-8-10-19(12-17)21(5,6)23-20(25)22-13-18-11-15(3)24(7)16(18)4/h8-12H,1,13H2,2-7H3,(H2,22,23,25). The van der Waals surface area contributed by atoms with Crippen molar-refractivity contribution in [3.8, 4) is 0 Å². The van der Waals surface area contributed by atoms with E-state index in [1.807, 2.05) is 46.0 Å².